The van der Waals surface area contributed by atoms with Crippen molar-refractivity contribution < 1.29 is 18.3 Å². The molecular formula is C19H16F2N2O2. The first kappa shape index (κ1) is 17.0. The second kappa shape index (κ2) is 7.81. The van der Waals surface area contributed by atoms with Gasteiger partial charge in [0.2, 0.25) is 5.88 Å². The summed E-state index contributed by atoms with van der Waals surface area (Å²) in [5, 5.41) is 0. The number of rotatable bonds is 6. The summed E-state index contributed by atoms with van der Waals surface area (Å²) in [4.78, 5) is 8.90. The molecule has 3 aromatic rings. The van der Waals surface area contributed by atoms with Crippen molar-refractivity contribution in [2.45, 2.75) is 0 Å². The van der Waals surface area contributed by atoms with E-state index in [0.29, 0.717) is 41.6 Å². The van der Waals surface area contributed by atoms with Crippen LogP contribution >= 0.6 is 0 Å². The third-order valence-corrected chi connectivity index (χ3v) is 3.52. The minimum Gasteiger partial charge on any atom is -0.474 e. The number of methoxy groups -OCH3 is 1. The lowest BCUT2D eigenvalue weighted by atomic mass is 10.0. The van der Waals surface area contributed by atoms with Crippen LogP contribution in [0.25, 0.3) is 22.5 Å². The minimum atomic E-state index is -0.340. The Labute approximate surface area is 144 Å². The van der Waals surface area contributed by atoms with Crippen LogP contribution in [0.4, 0.5) is 8.78 Å². The monoisotopic (exact) mass is 342 g/mol. The molecule has 1 heterocycles. The lowest BCUT2D eigenvalue weighted by molar-refractivity contribution is 0.143. The first-order valence-electron chi connectivity index (χ1n) is 7.68. The molecule has 25 heavy (non-hydrogen) atoms. The van der Waals surface area contributed by atoms with Gasteiger partial charge in [0.05, 0.1) is 18.5 Å². The summed E-state index contributed by atoms with van der Waals surface area (Å²) in [5.74, 6) is -0.339. The zero-order valence-corrected chi connectivity index (χ0v) is 13.6. The highest BCUT2D eigenvalue weighted by molar-refractivity contribution is 5.77. The van der Waals surface area contributed by atoms with E-state index >= 15 is 0 Å². The van der Waals surface area contributed by atoms with E-state index in [1.54, 1.807) is 31.4 Å². The molecule has 0 aliphatic rings. The van der Waals surface area contributed by atoms with E-state index in [4.69, 9.17) is 9.47 Å². The fourth-order valence-corrected chi connectivity index (χ4v) is 2.30. The van der Waals surface area contributed by atoms with Gasteiger partial charge >= 0.3 is 0 Å². The molecule has 0 saturated heterocycles. The third kappa shape index (κ3) is 4.16. The van der Waals surface area contributed by atoms with Crippen LogP contribution in [0.3, 0.4) is 0 Å². The number of nitrogens with zero attached hydrogens (tertiary/aromatic N) is 2. The van der Waals surface area contributed by atoms with Crippen LogP contribution in [0.2, 0.25) is 0 Å². The van der Waals surface area contributed by atoms with Gasteiger partial charge in [-0.15, -0.1) is 0 Å². The van der Waals surface area contributed by atoms with Gasteiger partial charge in [0, 0.05) is 18.2 Å². The summed E-state index contributed by atoms with van der Waals surface area (Å²) >= 11 is 0. The lowest BCUT2D eigenvalue weighted by Gasteiger charge is -2.11. The summed E-state index contributed by atoms with van der Waals surface area (Å²) in [6.45, 7) is 0.761. The molecule has 0 aliphatic heterocycles. The highest BCUT2D eigenvalue weighted by Gasteiger charge is 2.13. The maximum absolute atomic E-state index is 13.2. The number of hydrogen-bond donors (Lipinski definition) is 0. The lowest BCUT2D eigenvalue weighted by Crippen LogP contribution is -2.06. The molecule has 4 nitrogen and oxygen atoms in total. The van der Waals surface area contributed by atoms with E-state index in [9.17, 15) is 8.78 Å². The topological polar surface area (TPSA) is 44.2 Å². The second-order valence-electron chi connectivity index (χ2n) is 5.26. The van der Waals surface area contributed by atoms with E-state index in [-0.39, 0.29) is 11.6 Å². The molecule has 2 aromatic carbocycles. The highest BCUT2D eigenvalue weighted by atomic mass is 19.1. The molecule has 0 saturated carbocycles. The number of hydrogen-bond acceptors (Lipinski definition) is 4. The van der Waals surface area contributed by atoms with Crippen molar-refractivity contribution in [1.29, 1.82) is 0 Å². The van der Waals surface area contributed by atoms with Gasteiger partial charge in [0.15, 0.2) is 0 Å². The molecule has 0 fully saturated rings. The summed E-state index contributed by atoms with van der Waals surface area (Å²) in [6.07, 6.45) is 1.50. The van der Waals surface area contributed by atoms with Crippen LogP contribution in [0.1, 0.15) is 0 Å². The van der Waals surface area contributed by atoms with Crippen molar-refractivity contribution >= 4 is 0 Å². The van der Waals surface area contributed by atoms with Gasteiger partial charge in [-0.3, -0.25) is 0 Å². The number of benzene rings is 2. The Morgan fingerprint density at radius 1 is 0.800 bits per heavy atom. The predicted molar refractivity (Wildman–Crippen MR) is 90.2 cm³/mol. The molecule has 3 rings (SSSR count). The standard InChI is InChI=1S/C19H16F2N2O2/c1-24-10-11-25-17-12-22-18(13-2-6-15(20)7-3-13)19(23-17)14-4-8-16(21)9-5-14/h2-9,12H,10-11H2,1H3. The summed E-state index contributed by atoms with van der Waals surface area (Å²) in [5.41, 5.74) is 2.48. The van der Waals surface area contributed by atoms with E-state index in [0.717, 1.165) is 0 Å². The van der Waals surface area contributed by atoms with Crippen LogP contribution in [0, 0.1) is 11.6 Å². The Morgan fingerprint density at radius 2 is 1.36 bits per heavy atom. The molecule has 0 amide bonds. The molecule has 0 aliphatic carbocycles. The van der Waals surface area contributed by atoms with E-state index in [2.05, 4.69) is 9.97 Å². The third-order valence-electron chi connectivity index (χ3n) is 3.52. The fraction of sp³-hybridized carbons (Fsp3) is 0.158. The fourth-order valence-electron chi connectivity index (χ4n) is 2.30. The molecular weight excluding hydrogens is 326 g/mol. The van der Waals surface area contributed by atoms with Crippen molar-refractivity contribution in [2.75, 3.05) is 20.3 Å². The van der Waals surface area contributed by atoms with Crippen molar-refractivity contribution in [3.63, 3.8) is 0 Å². The average Bonchev–Trinajstić information content (AvgIpc) is 2.63. The zero-order chi connectivity index (χ0) is 17.6. The Balaban J connectivity index is 2.03. The van der Waals surface area contributed by atoms with E-state index in [1.165, 1.54) is 30.5 Å². The summed E-state index contributed by atoms with van der Waals surface area (Å²) < 4.78 is 36.9. The molecule has 0 spiro atoms. The highest BCUT2D eigenvalue weighted by Crippen LogP contribution is 2.30. The van der Waals surface area contributed by atoms with Crippen molar-refractivity contribution in [3.8, 4) is 28.4 Å². The molecule has 6 heteroatoms. The Hall–Kier alpha value is -2.86. The Kier molecular flexibility index (Phi) is 5.30. The molecule has 128 valence electrons. The summed E-state index contributed by atoms with van der Waals surface area (Å²) in [7, 11) is 1.58. The van der Waals surface area contributed by atoms with Gasteiger partial charge in [-0.2, -0.15) is 0 Å². The summed E-state index contributed by atoms with van der Waals surface area (Å²) in [6, 6.07) is 11.9. The van der Waals surface area contributed by atoms with Crippen LogP contribution < -0.4 is 4.74 Å². The van der Waals surface area contributed by atoms with Crippen LogP contribution in [0.15, 0.2) is 54.7 Å². The number of ether oxygens (including phenoxy) is 2. The van der Waals surface area contributed by atoms with Crippen molar-refractivity contribution in [2.24, 2.45) is 0 Å². The molecule has 0 unspecified atom stereocenters. The smallest absolute Gasteiger partial charge is 0.232 e. The van der Waals surface area contributed by atoms with Crippen molar-refractivity contribution in [1.82, 2.24) is 9.97 Å². The van der Waals surface area contributed by atoms with Gasteiger partial charge in [0.1, 0.15) is 23.9 Å². The molecule has 0 N–H and O–H groups in total. The number of aromatic nitrogens is 2. The molecule has 0 atom stereocenters. The predicted octanol–water partition coefficient (Wildman–Crippen LogP) is 4.11. The van der Waals surface area contributed by atoms with E-state index in [1.807, 2.05) is 0 Å². The van der Waals surface area contributed by atoms with Gasteiger partial charge in [-0.1, -0.05) is 0 Å². The van der Waals surface area contributed by atoms with Crippen LogP contribution in [0.5, 0.6) is 5.88 Å². The second-order valence-corrected chi connectivity index (χ2v) is 5.26. The molecule has 0 bridgehead atoms. The first-order chi connectivity index (χ1) is 12.2. The number of halogens is 2. The maximum Gasteiger partial charge on any atom is 0.232 e. The molecule has 1 aromatic heterocycles. The minimum absolute atomic E-state index is 0.334. The Bertz CT molecular complexity index is 837. The quantitative estimate of drug-likeness (QED) is 0.632. The average molecular weight is 342 g/mol. The normalized spacial score (nSPS) is 10.7. The largest absolute Gasteiger partial charge is 0.474 e. The van der Waals surface area contributed by atoms with Gasteiger partial charge in [-0.05, 0) is 48.5 Å². The SMILES string of the molecule is COCCOc1cnc(-c2ccc(F)cc2)c(-c2ccc(F)cc2)n1. The van der Waals surface area contributed by atoms with Crippen LogP contribution in [-0.2, 0) is 4.74 Å². The maximum atomic E-state index is 13.2. The first-order valence-corrected chi connectivity index (χ1v) is 7.68. The van der Waals surface area contributed by atoms with E-state index < -0.39 is 0 Å². The van der Waals surface area contributed by atoms with Gasteiger partial charge in [0.25, 0.3) is 0 Å². The zero-order valence-electron chi connectivity index (χ0n) is 13.6. The van der Waals surface area contributed by atoms with Crippen LogP contribution in [-0.4, -0.2) is 30.3 Å². The molecule has 0 radical (unpaired) electrons. The van der Waals surface area contributed by atoms with Crippen molar-refractivity contribution in [3.05, 3.63) is 66.4 Å². The van der Waals surface area contributed by atoms with Gasteiger partial charge in [-0.25, -0.2) is 18.7 Å². The van der Waals surface area contributed by atoms with Gasteiger partial charge < -0.3 is 9.47 Å². The Morgan fingerprint density at radius 3 is 1.92 bits per heavy atom.